The number of piperazine rings is 1. The number of anilines is 1. The monoisotopic (exact) mass is 508 g/mol. The van der Waals surface area contributed by atoms with Crippen LogP contribution in [0.3, 0.4) is 0 Å². The maximum absolute atomic E-state index is 12.7. The minimum atomic E-state index is -0.944. The van der Waals surface area contributed by atoms with E-state index in [1.165, 1.54) is 10.1 Å². The topological polar surface area (TPSA) is 143 Å². The Morgan fingerprint density at radius 3 is 2.27 bits per heavy atom. The number of hydrogen-bond donors (Lipinski definition) is 3. The molecule has 4 aliphatic rings. The molecule has 4 heterocycles. The van der Waals surface area contributed by atoms with Gasteiger partial charge in [-0.05, 0) is 56.9 Å². The van der Waals surface area contributed by atoms with E-state index < -0.39 is 11.2 Å². The van der Waals surface area contributed by atoms with Crippen molar-refractivity contribution in [3.63, 3.8) is 0 Å². The zero-order valence-corrected chi connectivity index (χ0v) is 21.5. The molecule has 1 saturated carbocycles. The molecule has 198 valence electrons. The van der Waals surface area contributed by atoms with E-state index in [2.05, 4.69) is 15.2 Å². The number of piperidine rings is 2. The minimum absolute atomic E-state index is 0.0716. The summed E-state index contributed by atoms with van der Waals surface area (Å²) in [6.07, 6.45) is 4.82. The van der Waals surface area contributed by atoms with Gasteiger partial charge in [-0.3, -0.25) is 19.6 Å². The van der Waals surface area contributed by atoms with Crippen molar-refractivity contribution in [2.75, 3.05) is 38.0 Å². The Kier molecular flexibility index (Phi) is 6.55. The van der Waals surface area contributed by atoms with Crippen molar-refractivity contribution in [2.45, 2.75) is 56.8 Å². The summed E-state index contributed by atoms with van der Waals surface area (Å²) in [5, 5.41) is 2.69. The standard InChI is InChI=1S/C26H36N8O3/c1-25(2,27)22(35)31-11-13-32(14-12-31)23(36)29-21-7-9-34(24(37)30-21)19-5-3-18(4-6-19)17-33-10-8-26(28)15-20(33)16-26/h3-7,9,20H,8,10-17,27-28H2,1-2H3,(H,29,30,36,37). The summed E-state index contributed by atoms with van der Waals surface area (Å²) in [7, 11) is 0. The smallest absolute Gasteiger partial charge is 0.338 e. The second kappa shape index (κ2) is 9.55. The van der Waals surface area contributed by atoms with Crippen LogP contribution in [0, 0.1) is 0 Å². The van der Waals surface area contributed by atoms with E-state index in [0.29, 0.717) is 37.9 Å². The molecule has 1 aliphatic carbocycles. The van der Waals surface area contributed by atoms with Gasteiger partial charge in [0.2, 0.25) is 5.91 Å². The molecule has 0 spiro atoms. The lowest BCUT2D eigenvalue weighted by molar-refractivity contribution is -0.137. The quantitative estimate of drug-likeness (QED) is 0.540. The van der Waals surface area contributed by atoms with E-state index in [-0.39, 0.29) is 23.3 Å². The van der Waals surface area contributed by atoms with Crippen molar-refractivity contribution < 1.29 is 9.59 Å². The molecular formula is C26H36N8O3. The maximum atomic E-state index is 12.7. The van der Waals surface area contributed by atoms with Crippen LogP contribution in [0.15, 0.2) is 41.3 Å². The Hall–Kier alpha value is -3.28. The SMILES string of the molecule is CC(C)(N)C(=O)N1CCN(C(=O)Nc2ccn(-c3ccc(CN4CCC5(N)CC4C5)cc3)c(=O)n2)CC1. The Bertz CT molecular complexity index is 1220. The summed E-state index contributed by atoms with van der Waals surface area (Å²) >= 11 is 0. The fraction of sp³-hybridized carbons (Fsp3) is 0.538. The van der Waals surface area contributed by atoms with Crippen molar-refractivity contribution in [1.29, 1.82) is 0 Å². The van der Waals surface area contributed by atoms with Gasteiger partial charge in [-0.1, -0.05) is 12.1 Å². The molecule has 1 aromatic carbocycles. The third kappa shape index (κ3) is 5.39. The summed E-state index contributed by atoms with van der Waals surface area (Å²) in [4.78, 5) is 47.5. The molecule has 3 aliphatic heterocycles. The highest BCUT2D eigenvalue weighted by molar-refractivity contribution is 5.89. The molecule has 3 amide bonds. The summed E-state index contributed by atoms with van der Waals surface area (Å²) in [6.45, 7) is 6.82. The molecule has 37 heavy (non-hydrogen) atoms. The first-order chi connectivity index (χ1) is 17.5. The molecule has 11 nitrogen and oxygen atoms in total. The van der Waals surface area contributed by atoms with Gasteiger partial charge in [0.1, 0.15) is 5.82 Å². The number of aromatic nitrogens is 2. The van der Waals surface area contributed by atoms with Crippen molar-refractivity contribution in [1.82, 2.24) is 24.3 Å². The summed E-state index contributed by atoms with van der Waals surface area (Å²) in [5.74, 6) is 0.0458. The van der Waals surface area contributed by atoms with Crippen LogP contribution in [0.5, 0.6) is 0 Å². The molecule has 0 unspecified atom stereocenters. The molecule has 6 rings (SSSR count). The highest BCUT2D eigenvalue weighted by Crippen LogP contribution is 2.41. The van der Waals surface area contributed by atoms with E-state index in [0.717, 1.165) is 32.4 Å². The number of rotatable bonds is 5. The van der Waals surface area contributed by atoms with E-state index in [4.69, 9.17) is 11.5 Å². The molecule has 1 aromatic heterocycles. The number of carbonyl (C=O) groups is 2. The number of nitrogens with one attached hydrogen (secondary N) is 1. The highest BCUT2D eigenvalue weighted by Gasteiger charge is 2.47. The Morgan fingerprint density at radius 1 is 1.05 bits per heavy atom. The van der Waals surface area contributed by atoms with Crippen LogP contribution >= 0.6 is 0 Å². The van der Waals surface area contributed by atoms with Crippen molar-refractivity contribution in [3.05, 3.63) is 52.6 Å². The molecule has 0 atom stereocenters. The Morgan fingerprint density at radius 2 is 1.70 bits per heavy atom. The van der Waals surface area contributed by atoms with Crippen molar-refractivity contribution in [2.24, 2.45) is 11.5 Å². The van der Waals surface area contributed by atoms with Crippen LogP contribution < -0.4 is 22.5 Å². The lowest BCUT2D eigenvalue weighted by Crippen LogP contribution is -2.65. The molecule has 0 radical (unpaired) electrons. The minimum Gasteiger partial charge on any atom is -0.338 e. The first kappa shape index (κ1) is 25.4. The number of nitrogens with two attached hydrogens (primary N) is 2. The third-order valence-corrected chi connectivity index (χ3v) is 7.74. The number of nitrogens with zero attached hydrogens (tertiary/aromatic N) is 5. The Labute approximate surface area is 216 Å². The fourth-order valence-corrected chi connectivity index (χ4v) is 5.47. The van der Waals surface area contributed by atoms with Gasteiger partial charge in [0, 0.05) is 57.0 Å². The van der Waals surface area contributed by atoms with E-state index in [9.17, 15) is 14.4 Å². The first-order valence-electron chi connectivity index (χ1n) is 12.9. The lowest BCUT2D eigenvalue weighted by Gasteiger charge is -2.55. The predicted molar refractivity (Wildman–Crippen MR) is 140 cm³/mol. The van der Waals surface area contributed by atoms with Gasteiger partial charge < -0.3 is 21.3 Å². The van der Waals surface area contributed by atoms with Crippen molar-refractivity contribution >= 4 is 17.8 Å². The second-order valence-corrected chi connectivity index (χ2v) is 11.2. The van der Waals surface area contributed by atoms with Crippen molar-refractivity contribution in [3.8, 4) is 5.69 Å². The number of carbonyl (C=O) groups excluding carboxylic acids is 2. The Balaban J connectivity index is 1.16. The predicted octanol–water partition coefficient (Wildman–Crippen LogP) is 0.712. The van der Waals surface area contributed by atoms with E-state index in [1.807, 2.05) is 24.3 Å². The van der Waals surface area contributed by atoms with Crippen LogP contribution in [0.1, 0.15) is 38.7 Å². The van der Waals surface area contributed by atoms with Gasteiger partial charge in [-0.2, -0.15) is 4.98 Å². The summed E-state index contributed by atoms with van der Waals surface area (Å²) in [5.41, 5.74) is 12.8. The van der Waals surface area contributed by atoms with Crippen LogP contribution in [-0.2, 0) is 11.3 Å². The average molecular weight is 509 g/mol. The van der Waals surface area contributed by atoms with Crippen LogP contribution in [0.2, 0.25) is 0 Å². The first-order valence-corrected chi connectivity index (χ1v) is 12.9. The molecule has 11 heteroatoms. The summed E-state index contributed by atoms with van der Waals surface area (Å²) < 4.78 is 1.45. The zero-order valence-electron chi connectivity index (χ0n) is 21.5. The highest BCUT2D eigenvalue weighted by atomic mass is 16.2. The van der Waals surface area contributed by atoms with Crippen LogP contribution in [0.4, 0.5) is 10.6 Å². The molecule has 3 saturated heterocycles. The van der Waals surface area contributed by atoms with E-state index >= 15 is 0 Å². The van der Waals surface area contributed by atoms with Crippen LogP contribution in [-0.4, -0.2) is 86.0 Å². The largest absolute Gasteiger partial charge is 0.354 e. The molecule has 2 bridgehead atoms. The molecule has 2 aromatic rings. The molecular weight excluding hydrogens is 472 g/mol. The zero-order chi connectivity index (χ0) is 26.4. The second-order valence-electron chi connectivity index (χ2n) is 11.2. The average Bonchev–Trinajstić information content (AvgIpc) is 2.84. The molecule has 4 fully saturated rings. The fourth-order valence-electron chi connectivity index (χ4n) is 5.47. The summed E-state index contributed by atoms with van der Waals surface area (Å²) in [6, 6.07) is 9.73. The van der Waals surface area contributed by atoms with Gasteiger partial charge in [-0.15, -0.1) is 0 Å². The van der Waals surface area contributed by atoms with Gasteiger partial charge in [0.15, 0.2) is 0 Å². The van der Waals surface area contributed by atoms with E-state index in [1.54, 1.807) is 35.9 Å². The van der Waals surface area contributed by atoms with Gasteiger partial charge in [0.25, 0.3) is 0 Å². The number of urea groups is 1. The van der Waals surface area contributed by atoms with Gasteiger partial charge in [0.05, 0.1) is 11.2 Å². The van der Waals surface area contributed by atoms with Gasteiger partial charge in [-0.25, -0.2) is 9.59 Å². The number of hydrogen-bond acceptors (Lipinski definition) is 7. The number of fused-ring (bicyclic) bond motifs is 2. The number of benzene rings is 1. The van der Waals surface area contributed by atoms with Crippen LogP contribution in [0.25, 0.3) is 5.69 Å². The maximum Gasteiger partial charge on any atom is 0.354 e. The lowest BCUT2D eigenvalue weighted by atomic mass is 9.67. The third-order valence-electron chi connectivity index (χ3n) is 7.74. The van der Waals surface area contributed by atoms with Gasteiger partial charge >= 0.3 is 11.7 Å². The number of amides is 3. The molecule has 5 N–H and O–H groups in total. The normalized spacial score (nSPS) is 23.9.